The molecule has 0 saturated carbocycles. The van der Waals surface area contributed by atoms with Gasteiger partial charge in [-0.2, -0.15) is 0 Å². The summed E-state index contributed by atoms with van der Waals surface area (Å²) in [6.07, 6.45) is -0.0993. The molecule has 1 unspecified atom stereocenters. The van der Waals surface area contributed by atoms with Gasteiger partial charge in [-0.05, 0) is 23.8 Å². The second-order valence-electron chi connectivity index (χ2n) is 6.87. The molecule has 0 radical (unpaired) electrons. The molecule has 0 amide bonds. The maximum atomic E-state index is 12.5. The predicted molar refractivity (Wildman–Crippen MR) is 106 cm³/mol. The molecule has 0 spiro atoms. The number of benzene rings is 2. The first-order valence-electron chi connectivity index (χ1n) is 8.54. The van der Waals surface area contributed by atoms with Crippen molar-refractivity contribution in [3.8, 4) is 0 Å². The monoisotopic (exact) mass is 423 g/mol. The van der Waals surface area contributed by atoms with Crippen LogP contribution in [0.2, 0.25) is 10.0 Å². The molecule has 148 valence electrons. The molecule has 2 aromatic rings. The molecular formula is C20H19Cl2NO5. The number of nitrogens with one attached hydrogen (secondary N) is 1. The first-order chi connectivity index (χ1) is 13.1. The van der Waals surface area contributed by atoms with Crippen LogP contribution in [0.1, 0.15) is 26.3 Å². The topological polar surface area (TPSA) is 73.9 Å². The summed E-state index contributed by atoms with van der Waals surface area (Å²) in [4.78, 5) is 24.5. The predicted octanol–water partition coefficient (Wildman–Crippen LogP) is 4.85. The van der Waals surface area contributed by atoms with Crippen molar-refractivity contribution in [1.29, 1.82) is 0 Å². The van der Waals surface area contributed by atoms with E-state index in [0.29, 0.717) is 27.0 Å². The van der Waals surface area contributed by atoms with Gasteiger partial charge in [0.25, 0.3) is 0 Å². The minimum atomic E-state index is -1.78. The van der Waals surface area contributed by atoms with Crippen molar-refractivity contribution in [3.05, 3.63) is 58.1 Å². The fraction of sp³-hybridized carbons (Fsp3) is 0.300. The minimum Gasteiger partial charge on any atom is -0.429 e. The molecule has 0 aliphatic carbocycles. The third kappa shape index (κ3) is 4.41. The maximum Gasteiger partial charge on any atom is 0.382 e. The van der Waals surface area contributed by atoms with Crippen molar-refractivity contribution >= 4 is 46.5 Å². The van der Waals surface area contributed by atoms with Gasteiger partial charge in [-0.3, -0.25) is 9.53 Å². The van der Waals surface area contributed by atoms with E-state index in [4.69, 9.17) is 37.4 Å². The first kappa shape index (κ1) is 20.5. The molecule has 8 heteroatoms. The van der Waals surface area contributed by atoms with E-state index in [1.807, 2.05) is 6.07 Å². The number of para-hydroxylation sites is 2. The maximum absolute atomic E-state index is 12.5. The van der Waals surface area contributed by atoms with Gasteiger partial charge in [0.15, 0.2) is 0 Å². The Balaban J connectivity index is 1.77. The van der Waals surface area contributed by atoms with Crippen LogP contribution in [0, 0.1) is 0 Å². The summed E-state index contributed by atoms with van der Waals surface area (Å²) in [5.74, 6) is -4.33. The van der Waals surface area contributed by atoms with E-state index in [1.54, 1.807) is 50.2 Å². The van der Waals surface area contributed by atoms with E-state index in [-0.39, 0.29) is 6.42 Å². The molecule has 0 bridgehead atoms. The van der Waals surface area contributed by atoms with Crippen molar-refractivity contribution < 1.29 is 23.8 Å². The number of ether oxygens (including phenoxy) is 3. The number of anilines is 2. The highest BCUT2D eigenvalue weighted by Crippen LogP contribution is 2.35. The number of rotatable bonds is 5. The van der Waals surface area contributed by atoms with Crippen LogP contribution >= 0.6 is 23.2 Å². The Labute approximate surface area is 172 Å². The van der Waals surface area contributed by atoms with Gasteiger partial charge in [-0.1, -0.05) is 47.5 Å². The van der Waals surface area contributed by atoms with E-state index >= 15 is 0 Å². The normalized spacial score (nSPS) is 20.5. The van der Waals surface area contributed by atoms with E-state index < -0.39 is 23.5 Å². The third-order valence-corrected chi connectivity index (χ3v) is 4.66. The zero-order valence-electron chi connectivity index (χ0n) is 15.5. The molecule has 3 rings (SSSR count). The lowest BCUT2D eigenvalue weighted by Gasteiger charge is -2.22. The highest BCUT2D eigenvalue weighted by atomic mass is 35.5. The Hall–Kier alpha value is -2.28. The lowest BCUT2D eigenvalue weighted by atomic mass is 10.1. The van der Waals surface area contributed by atoms with E-state index in [1.165, 1.54) is 6.92 Å². The number of halogens is 2. The summed E-state index contributed by atoms with van der Waals surface area (Å²) >= 11 is 12.4. The van der Waals surface area contributed by atoms with Crippen LogP contribution in [0.25, 0.3) is 0 Å². The van der Waals surface area contributed by atoms with Crippen LogP contribution in [0.3, 0.4) is 0 Å². The lowest BCUT2D eigenvalue weighted by molar-refractivity contribution is -0.238. The quantitative estimate of drug-likeness (QED) is 0.692. The fourth-order valence-electron chi connectivity index (χ4n) is 2.87. The van der Waals surface area contributed by atoms with Crippen LogP contribution in [0.15, 0.2) is 42.5 Å². The van der Waals surface area contributed by atoms with Crippen LogP contribution in [0.5, 0.6) is 0 Å². The van der Waals surface area contributed by atoms with Crippen molar-refractivity contribution in [3.63, 3.8) is 0 Å². The molecule has 1 aliphatic rings. The summed E-state index contributed by atoms with van der Waals surface area (Å²) in [6.45, 7) is 4.49. The molecule has 1 aliphatic heterocycles. The molecule has 0 aromatic heterocycles. The number of carbonyl (C=O) groups is 2. The summed E-state index contributed by atoms with van der Waals surface area (Å²) in [5, 5.41) is 4.04. The number of hydrogen-bond donors (Lipinski definition) is 1. The van der Waals surface area contributed by atoms with Crippen LogP contribution in [-0.2, 0) is 30.2 Å². The van der Waals surface area contributed by atoms with Crippen molar-refractivity contribution in [2.75, 3.05) is 5.32 Å². The Morgan fingerprint density at radius 3 is 2.32 bits per heavy atom. The number of carbonyl (C=O) groups excluding carboxylic acids is 2. The third-order valence-electron chi connectivity index (χ3n) is 4.03. The molecule has 1 atom stereocenters. The van der Waals surface area contributed by atoms with E-state index in [0.717, 1.165) is 0 Å². The zero-order valence-corrected chi connectivity index (χ0v) is 17.1. The van der Waals surface area contributed by atoms with Crippen LogP contribution in [-0.4, -0.2) is 23.5 Å². The summed E-state index contributed by atoms with van der Waals surface area (Å²) in [6, 6.07) is 12.3. The summed E-state index contributed by atoms with van der Waals surface area (Å²) < 4.78 is 15.8. The van der Waals surface area contributed by atoms with Gasteiger partial charge in [0.1, 0.15) is 0 Å². The van der Waals surface area contributed by atoms with E-state index in [2.05, 4.69) is 5.32 Å². The molecule has 28 heavy (non-hydrogen) atoms. The van der Waals surface area contributed by atoms with Gasteiger partial charge in [0.2, 0.25) is 5.79 Å². The van der Waals surface area contributed by atoms with Gasteiger partial charge in [-0.25, -0.2) is 4.79 Å². The molecule has 6 nitrogen and oxygen atoms in total. The van der Waals surface area contributed by atoms with Crippen molar-refractivity contribution in [1.82, 2.24) is 0 Å². The lowest BCUT2D eigenvalue weighted by Crippen LogP contribution is -2.39. The van der Waals surface area contributed by atoms with Gasteiger partial charge < -0.3 is 14.8 Å². The average Bonchev–Trinajstić information content (AvgIpc) is 2.79. The highest BCUT2D eigenvalue weighted by Gasteiger charge is 2.54. The molecule has 2 aromatic carbocycles. The number of cyclic esters (lactones) is 1. The van der Waals surface area contributed by atoms with Crippen LogP contribution in [0.4, 0.5) is 11.4 Å². The fourth-order valence-corrected chi connectivity index (χ4v) is 3.36. The minimum absolute atomic E-state index is 0.0993. The molecule has 1 fully saturated rings. The zero-order chi connectivity index (χ0) is 20.5. The highest BCUT2D eigenvalue weighted by molar-refractivity contribution is 6.39. The average molecular weight is 424 g/mol. The molecular weight excluding hydrogens is 405 g/mol. The van der Waals surface area contributed by atoms with Crippen molar-refractivity contribution in [2.45, 2.75) is 38.8 Å². The van der Waals surface area contributed by atoms with Gasteiger partial charge in [-0.15, -0.1) is 0 Å². The largest absolute Gasteiger partial charge is 0.429 e. The summed E-state index contributed by atoms with van der Waals surface area (Å²) in [5.41, 5.74) is 1.80. The number of hydrogen-bond acceptors (Lipinski definition) is 6. The first-order valence-corrected chi connectivity index (χ1v) is 9.30. The van der Waals surface area contributed by atoms with Gasteiger partial charge >= 0.3 is 17.7 Å². The van der Waals surface area contributed by atoms with Gasteiger partial charge in [0.05, 0.1) is 22.2 Å². The smallest absolute Gasteiger partial charge is 0.382 e. The SMILES string of the molecule is CC1(C)OC(=O)C(C)(OC(=O)Cc2ccccc2Nc2c(Cl)cccc2Cl)O1. The molecule has 1 saturated heterocycles. The molecule has 1 heterocycles. The Bertz CT molecular complexity index is 910. The summed E-state index contributed by atoms with van der Waals surface area (Å²) in [7, 11) is 0. The van der Waals surface area contributed by atoms with Crippen LogP contribution < -0.4 is 5.32 Å². The Morgan fingerprint density at radius 2 is 1.71 bits per heavy atom. The second-order valence-corrected chi connectivity index (χ2v) is 7.68. The van der Waals surface area contributed by atoms with Gasteiger partial charge in [0, 0.05) is 26.5 Å². The Morgan fingerprint density at radius 1 is 1.07 bits per heavy atom. The number of esters is 2. The standard InChI is InChI=1S/C20H19Cl2NO5/c1-19(2)27-18(25)20(3,28-19)26-16(24)11-12-7-4-5-10-15(12)23-17-13(21)8-6-9-14(17)22/h4-10,23H,11H2,1-3H3. The van der Waals surface area contributed by atoms with Crippen molar-refractivity contribution in [2.24, 2.45) is 0 Å². The van der Waals surface area contributed by atoms with E-state index in [9.17, 15) is 9.59 Å². The second kappa shape index (κ2) is 7.62. The Kier molecular flexibility index (Phi) is 5.57. The molecule has 1 N–H and O–H groups in total.